The second-order valence-electron chi connectivity index (χ2n) is 6.68. The summed E-state index contributed by atoms with van der Waals surface area (Å²) in [5.41, 5.74) is -1.20. The van der Waals surface area contributed by atoms with Crippen molar-refractivity contribution in [2.45, 2.75) is 36.9 Å². The highest BCUT2D eigenvalue weighted by molar-refractivity contribution is 7.89. The number of hydrogen-bond acceptors (Lipinski definition) is 4. The minimum absolute atomic E-state index is 0.0447. The Kier molecular flexibility index (Phi) is 7.35. The number of methoxy groups -OCH3 is 1. The Morgan fingerprint density at radius 1 is 1.36 bits per heavy atom. The Hall–Kier alpha value is -1.36. The van der Waals surface area contributed by atoms with E-state index < -0.39 is 31.7 Å². The van der Waals surface area contributed by atoms with Gasteiger partial charge in [-0.05, 0) is 38.0 Å². The predicted octanol–water partition coefficient (Wildman–Crippen LogP) is 2.91. The number of carbonyl (C=O) groups is 1. The zero-order chi connectivity index (χ0) is 21.1. The number of carbonyl (C=O) groups excluding carboxylic acids is 1. The van der Waals surface area contributed by atoms with Crippen molar-refractivity contribution in [3.63, 3.8) is 0 Å². The van der Waals surface area contributed by atoms with Gasteiger partial charge in [-0.2, -0.15) is 17.5 Å². The molecule has 1 aliphatic rings. The fourth-order valence-electron chi connectivity index (χ4n) is 3.04. The second-order valence-corrected chi connectivity index (χ2v) is 9.03. The molecule has 0 radical (unpaired) electrons. The topological polar surface area (TPSA) is 75.7 Å². The van der Waals surface area contributed by atoms with Gasteiger partial charge in [0, 0.05) is 32.2 Å². The lowest BCUT2D eigenvalue weighted by atomic mass is 9.97. The maximum atomic E-state index is 13.0. The number of benzene rings is 1. The van der Waals surface area contributed by atoms with Gasteiger partial charge in [-0.15, -0.1) is 0 Å². The minimum Gasteiger partial charge on any atom is -0.383 e. The molecule has 1 fully saturated rings. The molecule has 0 aromatic heterocycles. The summed E-state index contributed by atoms with van der Waals surface area (Å²) in [5, 5.41) is 2.23. The van der Waals surface area contributed by atoms with Crippen LogP contribution < -0.4 is 5.32 Å². The highest BCUT2D eigenvalue weighted by Gasteiger charge is 2.37. The van der Waals surface area contributed by atoms with E-state index in [0.717, 1.165) is 16.4 Å². The molecule has 6 nitrogen and oxygen atoms in total. The third-order valence-corrected chi connectivity index (χ3v) is 6.74. The maximum Gasteiger partial charge on any atom is 0.417 e. The van der Waals surface area contributed by atoms with E-state index in [1.165, 1.54) is 7.11 Å². The first kappa shape index (κ1) is 22.9. The fraction of sp³-hybridized carbons (Fsp3) is 0.588. The number of rotatable bonds is 6. The Morgan fingerprint density at radius 2 is 1.96 bits per heavy atom. The molecule has 1 atom stereocenters. The molecule has 28 heavy (non-hydrogen) atoms. The van der Waals surface area contributed by atoms with Gasteiger partial charge in [0.05, 0.1) is 22.1 Å². The number of nitrogens with one attached hydrogen (secondary N) is 1. The van der Waals surface area contributed by atoms with E-state index in [1.54, 1.807) is 6.92 Å². The summed E-state index contributed by atoms with van der Waals surface area (Å²) in [5.74, 6) is -0.547. The zero-order valence-electron chi connectivity index (χ0n) is 15.4. The number of ether oxygens (including phenoxy) is 1. The van der Waals surface area contributed by atoms with E-state index >= 15 is 0 Å². The van der Waals surface area contributed by atoms with Crippen LogP contribution in [0, 0.1) is 5.92 Å². The van der Waals surface area contributed by atoms with Crippen molar-refractivity contribution >= 4 is 27.5 Å². The van der Waals surface area contributed by atoms with Gasteiger partial charge in [0.1, 0.15) is 0 Å². The molecule has 0 bridgehead atoms. The summed E-state index contributed by atoms with van der Waals surface area (Å²) in [6.07, 6.45) is -4.19. The molecule has 1 unspecified atom stereocenters. The normalized spacial score (nSPS) is 18.1. The SMILES string of the molecule is COCC(C)NC(=O)C1CCN(S(=O)(=O)c2ccc(Cl)c(C(F)(F)F)c2)CC1. The number of halogens is 4. The molecule has 0 saturated carbocycles. The molecule has 1 N–H and O–H groups in total. The van der Waals surface area contributed by atoms with Crippen molar-refractivity contribution in [2.24, 2.45) is 5.92 Å². The molecule has 1 heterocycles. The molecule has 2 rings (SSSR count). The predicted molar refractivity (Wildman–Crippen MR) is 97.4 cm³/mol. The van der Waals surface area contributed by atoms with Crippen LogP contribution in [-0.2, 0) is 25.7 Å². The standard InChI is InChI=1S/C17H22ClF3N2O4S/c1-11(10-27-2)22-16(24)12-5-7-23(8-6-12)28(25,26)13-3-4-15(18)14(9-13)17(19,20)21/h3-4,9,11-12H,5-8,10H2,1-2H3,(H,22,24). The summed E-state index contributed by atoms with van der Waals surface area (Å²) in [6.45, 7) is 2.24. The number of alkyl halides is 3. The maximum absolute atomic E-state index is 13.0. The van der Waals surface area contributed by atoms with Crippen molar-refractivity contribution in [2.75, 3.05) is 26.8 Å². The van der Waals surface area contributed by atoms with Gasteiger partial charge in [-0.1, -0.05) is 11.6 Å². The van der Waals surface area contributed by atoms with Crippen LogP contribution in [0.3, 0.4) is 0 Å². The fourth-order valence-corrected chi connectivity index (χ4v) is 4.76. The highest BCUT2D eigenvalue weighted by Crippen LogP contribution is 2.36. The lowest BCUT2D eigenvalue weighted by Crippen LogP contribution is -2.45. The first-order valence-electron chi connectivity index (χ1n) is 8.63. The third kappa shape index (κ3) is 5.37. The van der Waals surface area contributed by atoms with Gasteiger partial charge in [0.15, 0.2) is 0 Å². The lowest BCUT2D eigenvalue weighted by molar-refractivity contribution is -0.137. The van der Waals surface area contributed by atoms with E-state index in [-0.39, 0.29) is 43.8 Å². The van der Waals surface area contributed by atoms with Crippen molar-refractivity contribution in [3.05, 3.63) is 28.8 Å². The van der Waals surface area contributed by atoms with Crippen LogP contribution in [0.1, 0.15) is 25.3 Å². The van der Waals surface area contributed by atoms with Crippen molar-refractivity contribution in [1.29, 1.82) is 0 Å². The number of sulfonamides is 1. The Balaban J connectivity index is 2.08. The molecule has 1 aromatic carbocycles. The van der Waals surface area contributed by atoms with Gasteiger partial charge in [-0.3, -0.25) is 4.79 Å². The van der Waals surface area contributed by atoms with Crippen LogP contribution in [-0.4, -0.2) is 51.5 Å². The quantitative estimate of drug-likeness (QED) is 0.735. The monoisotopic (exact) mass is 442 g/mol. The largest absolute Gasteiger partial charge is 0.417 e. The minimum atomic E-state index is -4.76. The molecule has 1 aromatic rings. The lowest BCUT2D eigenvalue weighted by Gasteiger charge is -2.31. The molecular formula is C17H22ClF3N2O4S. The average Bonchev–Trinajstić information content (AvgIpc) is 2.61. The van der Waals surface area contributed by atoms with Gasteiger partial charge >= 0.3 is 6.18 Å². The Morgan fingerprint density at radius 3 is 2.50 bits per heavy atom. The molecule has 1 aliphatic heterocycles. The summed E-state index contributed by atoms with van der Waals surface area (Å²) in [7, 11) is -2.60. The summed E-state index contributed by atoms with van der Waals surface area (Å²) >= 11 is 5.55. The molecule has 0 aliphatic carbocycles. The van der Waals surface area contributed by atoms with Crippen molar-refractivity contribution in [1.82, 2.24) is 9.62 Å². The van der Waals surface area contributed by atoms with E-state index in [0.29, 0.717) is 12.7 Å². The van der Waals surface area contributed by atoms with Gasteiger partial charge in [-0.25, -0.2) is 8.42 Å². The van der Waals surface area contributed by atoms with Crippen molar-refractivity contribution < 1.29 is 31.1 Å². The molecule has 0 spiro atoms. The van der Waals surface area contributed by atoms with E-state index in [1.807, 2.05) is 0 Å². The summed E-state index contributed by atoms with van der Waals surface area (Å²) < 4.78 is 70.5. The van der Waals surface area contributed by atoms with Crippen LogP contribution in [0.4, 0.5) is 13.2 Å². The zero-order valence-corrected chi connectivity index (χ0v) is 17.0. The van der Waals surface area contributed by atoms with Gasteiger partial charge < -0.3 is 10.1 Å². The summed E-state index contributed by atoms with van der Waals surface area (Å²) in [6, 6.07) is 2.35. The molecule has 1 amide bonds. The average molecular weight is 443 g/mol. The first-order valence-corrected chi connectivity index (χ1v) is 10.4. The van der Waals surface area contributed by atoms with Crippen LogP contribution in [0.2, 0.25) is 5.02 Å². The second kappa shape index (κ2) is 8.98. The van der Waals surface area contributed by atoms with Crippen LogP contribution in [0.15, 0.2) is 23.1 Å². The molecule has 11 heteroatoms. The molecular weight excluding hydrogens is 421 g/mol. The van der Waals surface area contributed by atoms with Crippen LogP contribution in [0.25, 0.3) is 0 Å². The number of nitrogens with zero attached hydrogens (tertiary/aromatic N) is 1. The molecule has 158 valence electrons. The number of amides is 1. The van der Waals surface area contributed by atoms with Crippen LogP contribution in [0.5, 0.6) is 0 Å². The highest BCUT2D eigenvalue weighted by atomic mass is 35.5. The number of piperidine rings is 1. The first-order chi connectivity index (χ1) is 13.0. The van der Waals surface area contributed by atoms with E-state index in [2.05, 4.69) is 5.32 Å². The van der Waals surface area contributed by atoms with E-state index in [9.17, 15) is 26.4 Å². The molecule has 1 saturated heterocycles. The van der Waals surface area contributed by atoms with Crippen LogP contribution >= 0.6 is 11.6 Å². The smallest absolute Gasteiger partial charge is 0.383 e. The summed E-state index contributed by atoms with van der Waals surface area (Å²) in [4.78, 5) is 11.8. The number of hydrogen-bond donors (Lipinski definition) is 1. The van der Waals surface area contributed by atoms with Crippen molar-refractivity contribution in [3.8, 4) is 0 Å². The Bertz CT molecular complexity index is 809. The van der Waals surface area contributed by atoms with E-state index in [4.69, 9.17) is 16.3 Å². The van der Waals surface area contributed by atoms with Gasteiger partial charge in [0.25, 0.3) is 0 Å². The third-order valence-electron chi connectivity index (χ3n) is 4.51. The Labute approximate surface area is 167 Å². The van der Waals surface area contributed by atoms with Gasteiger partial charge in [0.2, 0.25) is 15.9 Å².